The normalized spacial score (nSPS) is 11.3. The largest absolute Gasteiger partial charge is 0.399 e. The molecule has 2 heterocycles. The molecule has 0 saturated heterocycles. The van der Waals surface area contributed by atoms with Crippen molar-refractivity contribution in [3.8, 4) is 11.3 Å². The number of benzene rings is 1. The van der Waals surface area contributed by atoms with Crippen LogP contribution in [0.15, 0.2) is 36.0 Å². The van der Waals surface area contributed by atoms with Gasteiger partial charge in [0.05, 0.1) is 0 Å². The quantitative estimate of drug-likeness (QED) is 0.498. The minimum Gasteiger partial charge on any atom is -0.285 e. The molecule has 105 valence electrons. The van der Waals surface area contributed by atoms with Crippen LogP contribution in [0.4, 0.5) is 13.2 Å². The Kier molecular flexibility index (Phi) is 4.22. The molecule has 0 amide bonds. The van der Waals surface area contributed by atoms with E-state index in [1.54, 1.807) is 6.07 Å². The van der Waals surface area contributed by atoms with Gasteiger partial charge in [-0.2, -0.15) is 13.2 Å². The van der Waals surface area contributed by atoms with Crippen LogP contribution in [-0.4, -0.2) is 9.97 Å². The Morgan fingerprint density at radius 2 is 1.95 bits per heavy atom. The maximum absolute atomic E-state index is 12.7. The van der Waals surface area contributed by atoms with Crippen LogP contribution >= 0.6 is 11.3 Å². The summed E-state index contributed by atoms with van der Waals surface area (Å²) in [6.07, 6.45) is -3.02. The van der Waals surface area contributed by atoms with E-state index in [1.807, 2.05) is 5.38 Å². The molecule has 3 rings (SSSR count). The van der Waals surface area contributed by atoms with Gasteiger partial charge in [0.25, 0.3) is 0 Å². The van der Waals surface area contributed by atoms with Gasteiger partial charge in [0.2, 0.25) is 0 Å². The second-order valence-electron chi connectivity index (χ2n) is 3.85. The number of halogens is 3. The van der Waals surface area contributed by atoms with Crippen LogP contribution in [0.2, 0.25) is 0 Å². The Morgan fingerprint density at radius 1 is 1.15 bits per heavy atom. The summed E-state index contributed by atoms with van der Waals surface area (Å²) in [7, 11) is 0. The van der Waals surface area contributed by atoms with E-state index in [-0.39, 0.29) is 20.1 Å². The number of hydrogen-bond acceptors (Lipinski definition) is 3. The van der Waals surface area contributed by atoms with E-state index in [1.165, 1.54) is 23.7 Å². The molecule has 20 heavy (non-hydrogen) atoms. The van der Waals surface area contributed by atoms with Crippen molar-refractivity contribution in [3.05, 3.63) is 47.6 Å². The number of nitrogens with zero attached hydrogens (tertiary/aromatic N) is 2. The van der Waals surface area contributed by atoms with E-state index < -0.39 is 11.7 Å². The third-order valence-corrected chi connectivity index (χ3v) is 3.47. The van der Waals surface area contributed by atoms with Crippen molar-refractivity contribution < 1.29 is 33.3 Å². The Morgan fingerprint density at radius 3 is 2.70 bits per heavy atom. The van der Waals surface area contributed by atoms with Gasteiger partial charge in [-0.15, -0.1) is 41.2 Å². The maximum Gasteiger partial charge on any atom is 0.399 e. The summed E-state index contributed by atoms with van der Waals surface area (Å²) in [4.78, 5) is 8.89. The first-order valence-electron chi connectivity index (χ1n) is 5.33. The molecule has 0 aliphatic carbocycles. The van der Waals surface area contributed by atoms with Crippen molar-refractivity contribution in [1.29, 1.82) is 0 Å². The first-order valence-corrected chi connectivity index (χ1v) is 6.21. The molecule has 0 fully saturated rings. The van der Waals surface area contributed by atoms with Crippen molar-refractivity contribution in [1.82, 2.24) is 9.97 Å². The van der Waals surface area contributed by atoms with Crippen molar-refractivity contribution in [3.63, 3.8) is 0 Å². The predicted octanol–water partition coefficient (Wildman–Crippen LogP) is 4.17. The van der Waals surface area contributed by atoms with E-state index in [9.17, 15) is 13.2 Å². The molecule has 1 radical (unpaired) electrons. The zero-order valence-corrected chi connectivity index (χ0v) is 12.9. The molecule has 0 atom stereocenters. The third kappa shape index (κ3) is 2.75. The zero-order chi connectivity index (χ0) is 13.5. The van der Waals surface area contributed by atoms with Crippen molar-refractivity contribution in [2.45, 2.75) is 6.18 Å². The van der Waals surface area contributed by atoms with Crippen LogP contribution in [0.3, 0.4) is 0 Å². The van der Waals surface area contributed by atoms with Gasteiger partial charge in [-0.1, -0.05) is 0 Å². The van der Waals surface area contributed by atoms with E-state index in [4.69, 9.17) is 0 Å². The fourth-order valence-corrected chi connectivity index (χ4v) is 2.52. The molecule has 2 nitrogen and oxygen atoms in total. The van der Waals surface area contributed by atoms with E-state index >= 15 is 0 Å². The topological polar surface area (TPSA) is 25.8 Å². The van der Waals surface area contributed by atoms with Crippen LogP contribution in [0.1, 0.15) is 5.56 Å². The van der Waals surface area contributed by atoms with Gasteiger partial charge < -0.3 is 0 Å². The molecule has 0 unspecified atom stereocenters. The molecular formula is C13H6F3IrN2S-. The van der Waals surface area contributed by atoms with Crippen LogP contribution in [0.5, 0.6) is 0 Å². The first-order chi connectivity index (χ1) is 9.05. The average molecular weight is 471 g/mol. The standard InChI is InChI=1S/C13H6F3N2S.Ir/c14-13(15,16)9-3-1-2-8(6-9)11-10-4-5-19-12(10)18-7-17-11;/h1,3-7H;/q-1;. The van der Waals surface area contributed by atoms with E-state index in [0.29, 0.717) is 11.3 Å². The van der Waals surface area contributed by atoms with Gasteiger partial charge in [0.15, 0.2) is 0 Å². The van der Waals surface area contributed by atoms with E-state index in [2.05, 4.69) is 16.0 Å². The Balaban J connectivity index is 0.00000147. The molecule has 3 aromatic rings. The summed E-state index contributed by atoms with van der Waals surface area (Å²) in [6.45, 7) is 0. The van der Waals surface area contributed by atoms with Crippen molar-refractivity contribution in [2.24, 2.45) is 0 Å². The SMILES string of the molecule is FC(F)(F)c1cc[c-]c(-c2ncnc3sccc23)c1.[Ir]. The minimum absolute atomic E-state index is 0. The number of fused-ring (bicyclic) bond motifs is 1. The fourth-order valence-electron chi connectivity index (χ4n) is 1.78. The second-order valence-corrected chi connectivity index (χ2v) is 4.75. The molecule has 2 aromatic heterocycles. The van der Waals surface area contributed by atoms with Crippen LogP contribution in [-0.2, 0) is 26.3 Å². The molecule has 0 bridgehead atoms. The predicted molar refractivity (Wildman–Crippen MR) is 66.7 cm³/mol. The fraction of sp³-hybridized carbons (Fsp3) is 0.0769. The summed E-state index contributed by atoms with van der Waals surface area (Å²) in [5.74, 6) is 0. The van der Waals surface area contributed by atoms with Crippen molar-refractivity contribution in [2.75, 3.05) is 0 Å². The molecule has 0 aliphatic heterocycles. The van der Waals surface area contributed by atoms with Crippen LogP contribution in [0, 0.1) is 6.07 Å². The molecule has 0 aliphatic rings. The van der Waals surface area contributed by atoms with Gasteiger partial charge in [0.1, 0.15) is 11.2 Å². The summed E-state index contributed by atoms with van der Waals surface area (Å²) in [6, 6.07) is 7.90. The third-order valence-electron chi connectivity index (χ3n) is 2.65. The number of hydrogen-bond donors (Lipinski definition) is 0. The molecule has 1 aromatic carbocycles. The van der Waals surface area contributed by atoms with Crippen LogP contribution in [0.25, 0.3) is 21.5 Å². The number of aromatic nitrogens is 2. The maximum atomic E-state index is 12.7. The molecular weight excluding hydrogens is 465 g/mol. The van der Waals surface area contributed by atoms with Crippen molar-refractivity contribution >= 4 is 21.6 Å². The Hall–Kier alpha value is -1.30. The number of alkyl halides is 3. The zero-order valence-electron chi connectivity index (χ0n) is 9.73. The second kappa shape index (κ2) is 5.60. The molecule has 0 spiro atoms. The van der Waals surface area contributed by atoms with Gasteiger partial charge in [-0.05, 0) is 28.1 Å². The Bertz CT molecular complexity index is 740. The van der Waals surface area contributed by atoms with Gasteiger partial charge in [-0.3, -0.25) is 4.98 Å². The summed E-state index contributed by atoms with van der Waals surface area (Å²) in [5, 5.41) is 2.57. The summed E-state index contributed by atoms with van der Waals surface area (Å²) < 4.78 is 38.1. The average Bonchev–Trinajstić information content (AvgIpc) is 2.86. The minimum atomic E-state index is -4.37. The first kappa shape index (κ1) is 15.1. The summed E-state index contributed by atoms with van der Waals surface area (Å²) >= 11 is 1.42. The van der Waals surface area contributed by atoms with Gasteiger partial charge in [-0.25, -0.2) is 4.98 Å². The molecule has 0 N–H and O–H groups in total. The number of rotatable bonds is 1. The van der Waals surface area contributed by atoms with Gasteiger partial charge >= 0.3 is 6.18 Å². The molecule has 7 heteroatoms. The summed E-state index contributed by atoms with van der Waals surface area (Å²) in [5.41, 5.74) is 0.0845. The van der Waals surface area contributed by atoms with Gasteiger partial charge in [0, 0.05) is 20.1 Å². The smallest absolute Gasteiger partial charge is 0.285 e. The van der Waals surface area contributed by atoms with Crippen LogP contribution < -0.4 is 0 Å². The number of thiophene rings is 1. The molecule has 0 saturated carbocycles. The Labute approximate surface area is 130 Å². The van der Waals surface area contributed by atoms with E-state index in [0.717, 1.165) is 22.3 Å². The monoisotopic (exact) mass is 472 g/mol.